The molecule has 0 saturated heterocycles. The zero-order valence-electron chi connectivity index (χ0n) is 12.3. The van der Waals surface area contributed by atoms with Crippen molar-refractivity contribution < 1.29 is 4.39 Å². The van der Waals surface area contributed by atoms with Gasteiger partial charge < -0.3 is 4.90 Å². The lowest BCUT2D eigenvalue weighted by atomic mass is 9.93. The van der Waals surface area contributed by atoms with Crippen molar-refractivity contribution >= 4 is 0 Å². The first-order chi connectivity index (χ1) is 8.47. The molecule has 0 amide bonds. The molecule has 1 aromatic rings. The Morgan fingerprint density at radius 2 is 1.89 bits per heavy atom. The van der Waals surface area contributed by atoms with Gasteiger partial charge in [-0.25, -0.2) is 4.39 Å². The Hall–Kier alpha value is -0.890. The molecule has 0 spiro atoms. The predicted octanol–water partition coefficient (Wildman–Crippen LogP) is 4.74. The molecule has 0 bridgehead atoms. The molecule has 18 heavy (non-hydrogen) atoms. The third kappa shape index (κ3) is 3.81. The Labute approximate surface area is 111 Å². The van der Waals surface area contributed by atoms with Gasteiger partial charge in [0.25, 0.3) is 0 Å². The van der Waals surface area contributed by atoms with E-state index in [0.29, 0.717) is 5.92 Å². The number of benzene rings is 1. The minimum Gasteiger partial charge on any atom is -0.303 e. The normalized spacial score (nSPS) is 14.8. The second kappa shape index (κ2) is 6.89. The van der Waals surface area contributed by atoms with Gasteiger partial charge in [-0.05, 0) is 50.6 Å². The van der Waals surface area contributed by atoms with Gasteiger partial charge in [-0.1, -0.05) is 38.8 Å². The van der Waals surface area contributed by atoms with Crippen molar-refractivity contribution in [3.05, 3.63) is 35.1 Å². The highest BCUT2D eigenvalue weighted by molar-refractivity contribution is 5.28. The number of rotatable bonds is 6. The average molecular weight is 251 g/mol. The van der Waals surface area contributed by atoms with E-state index in [1.165, 1.54) is 6.42 Å². The third-order valence-corrected chi connectivity index (χ3v) is 3.80. The molecule has 0 aliphatic carbocycles. The first-order valence-corrected chi connectivity index (χ1v) is 6.93. The molecular weight excluding hydrogens is 225 g/mol. The summed E-state index contributed by atoms with van der Waals surface area (Å²) >= 11 is 0. The maximum absolute atomic E-state index is 14.1. The predicted molar refractivity (Wildman–Crippen MR) is 76.4 cm³/mol. The SMILES string of the molecule is CCCCC(C)c1ccc(C(C)N(C)C)cc1F. The van der Waals surface area contributed by atoms with Crippen LogP contribution in [0.15, 0.2) is 18.2 Å². The van der Waals surface area contributed by atoms with Crippen LogP contribution in [0.4, 0.5) is 4.39 Å². The van der Waals surface area contributed by atoms with Gasteiger partial charge in [0.05, 0.1) is 0 Å². The Bertz CT molecular complexity index is 373. The lowest BCUT2D eigenvalue weighted by Gasteiger charge is -2.21. The van der Waals surface area contributed by atoms with E-state index >= 15 is 0 Å². The average Bonchev–Trinajstić information content (AvgIpc) is 2.34. The molecule has 0 N–H and O–H groups in total. The van der Waals surface area contributed by atoms with Crippen LogP contribution in [0.25, 0.3) is 0 Å². The van der Waals surface area contributed by atoms with Crippen LogP contribution in [0.2, 0.25) is 0 Å². The molecule has 0 radical (unpaired) electrons. The van der Waals surface area contributed by atoms with Gasteiger partial charge >= 0.3 is 0 Å². The molecule has 0 saturated carbocycles. The van der Waals surface area contributed by atoms with E-state index in [1.54, 1.807) is 6.07 Å². The topological polar surface area (TPSA) is 3.24 Å². The molecule has 0 aliphatic heterocycles. The zero-order chi connectivity index (χ0) is 13.7. The standard InChI is InChI=1S/C16H26FN/c1-6-7-8-12(2)15-10-9-14(11-16(15)17)13(3)18(4)5/h9-13H,6-8H2,1-5H3. The van der Waals surface area contributed by atoms with Gasteiger partial charge in [0.15, 0.2) is 0 Å². The molecule has 2 atom stereocenters. The number of nitrogens with zero attached hydrogens (tertiary/aromatic N) is 1. The van der Waals surface area contributed by atoms with Crippen molar-refractivity contribution in [3.63, 3.8) is 0 Å². The molecule has 2 heteroatoms. The van der Waals surface area contributed by atoms with Gasteiger partial charge in [-0.3, -0.25) is 0 Å². The molecule has 0 aliphatic rings. The zero-order valence-corrected chi connectivity index (χ0v) is 12.3. The monoisotopic (exact) mass is 251 g/mol. The molecule has 2 unspecified atom stereocenters. The van der Waals surface area contributed by atoms with Crippen LogP contribution in [0.3, 0.4) is 0 Å². The highest BCUT2D eigenvalue weighted by Crippen LogP contribution is 2.27. The lowest BCUT2D eigenvalue weighted by Crippen LogP contribution is -2.17. The van der Waals surface area contributed by atoms with E-state index in [-0.39, 0.29) is 11.9 Å². The molecule has 102 valence electrons. The van der Waals surface area contributed by atoms with E-state index < -0.39 is 0 Å². The molecule has 0 fully saturated rings. The van der Waals surface area contributed by atoms with Crippen LogP contribution >= 0.6 is 0 Å². The Kier molecular flexibility index (Phi) is 5.80. The highest BCUT2D eigenvalue weighted by atomic mass is 19.1. The van der Waals surface area contributed by atoms with Crippen LogP contribution < -0.4 is 0 Å². The second-order valence-corrected chi connectivity index (χ2v) is 5.46. The lowest BCUT2D eigenvalue weighted by molar-refractivity contribution is 0.320. The van der Waals surface area contributed by atoms with E-state index in [1.807, 2.05) is 20.2 Å². The molecular formula is C16H26FN. The third-order valence-electron chi connectivity index (χ3n) is 3.80. The van der Waals surface area contributed by atoms with Crippen molar-refractivity contribution in [1.29, 1.82) is 0 Å². The van der Waals surface area contributed by atoms with Crippen molar-refractivity contribution in [2.75, 3.05) is 14.1 Å². The van der Waals surface area contributed by atoms with Crippen LogP contribution in [0.5, 0.6) is 0 Å². The maximum atomic E-state index is 14.1. The number of hydrogen-bond acceptors (Lipinski definition) is 1. The summed E-state index contributed by atoms with van der Waals surface area (Å²) in [6.07, 6.45) is 3.40. The van der Waals surface area contributed by atoms with Gasteiger partial charge in [-0.15, -0.1) is 0 Å². The summed E-state index contributed by atoms with van der Waals surface area (Å²) in [7, 11) is 4.03. The summed E-state index contributed by atoms with van der Waals surface area (Å²) < 4.78 is 14.1. The first kappa shape index (κ1) is 15.2. The van der Waals surface area contributed by atoms with Gasteiger partial charge in [-0.2, -0.15) is 0 Å². The van der Waals surface area contributed by atoms with Crippen molar-refractivity contribution in [2.45, 2.75) is 52.0 Å². The minimum atomic E-state index is -0.0511. The summed E-state index contributed by atoms with van der Waals surface area (Å²) in [4.78, 5) is 2.09. The Balaban J connectivity index is 2.85. The summed E-state index contributed by atoms with van der Waals surface area (Å²) in [6, 6.07) is 5.97. The van der Waals surface area contributed by atoms with Gasteiger partial charge in [0.2, 0.25) is 0 Å². The number of hydrogen-bond donors (Lipinski definition) is 0. The van der Waals surface area contributed by atoms with E-state index in [0.717, 1.165) is 24.0 Å². The number of unbranched alkanes of at least 4 members (excludes halogenated alkanes) is 1. The molecule has 0 aromatic heterocycles. The summed E-state index contributed by atoms with van der Waals surface area (Å²) in [6.45, 7) is 6.38. The van der Waals surface area contributed by atoms with Crippen molar-refractivity contribution in [1.82, 2.24) is 4.90 Å². The van der Waals surface area contributed by atoms with E-state index in [9.17, 15) is 4.39 Å². The van der Waals surface area contributed by atoms with Crippen molar-refractivity contribution in [2.24, 2.45) is 0 Å². The fourth-order valence-electron chi connectivity index (χ4n) is 2.17. The molecule has 1 nitrogen and oxygen atoms in total. The summed E-state index contributed by atoms with van der Waals surface area (Å²) in [5.74, 6) is 0.262. The molecule has 1 rings (SSSR count). The highest BCUT2D eigenvalue weighted by Gasteiger charge is 2.14. The van der Waals surface area contributed by atoms with E-state index in [2.05, 4.69) is 31.7 Å². The van der Waals surface area contributed by atoms with Crippen LogP contribution in [-0.4, -0.2) is 19.0 Å². The largest absolute Gasteiger partial charge is 0.303 e. The smallest absolute Gasteiger partial charge is 0.127 e. The number of halogens is 1. The Morgan fingerprint density at radius 1 is 1.22 bits per heavy atom. The minimum absolute atomic E-state index is 0.0511. The second-order valence-electron chi connectivity index (χ2n) is 5.46. The van der Waals surface area contributed by atoms with Crippen LogP contribution in [0, 0.1) is 5.82 Å². The van der Waals surface area contributed by atoms with Crippen LogP contribution in [-0.2, 0) is 0 Å². The fourth-order valence-corrected chi connectivity index (χ4v) is 2.17. The van der Waals surface area contributed by atoms with E-state index in [4.69, 9.17) is 0 Å². The molecule has 0 heterocycles. The van der Waals surface area contributed by atoms with Crippen LogP contribution in [0.1, 0.15) is 63.1 Å². The van der Waals surface area contributed by atoms with Gasteiger partial charge in [0.1, 0.15) is 5.82 Å². The fraction of sp³-hybridized carbons (Fsp3) is 0.625. The first-order valence-electron chi connectivity index (χ1n) is 6.93. The van der Waals surface area contributed by atoms with Crippen molar-refractivity contribution in [3.8, 4) is 0 Å². The quantitative estimate of drug-likeness (QED) is 0.705. The summed E-state index contributed by atoms with van der Waals surface area (Å²) in [5.41, 5.74) is 1.90. The van der Waals surface area contributed by atoms with Gasteiger partial charge in [0, 0.05) is 6.04 Å². The summed E-state index contributed by atoms with van der Waals surface area (Å²) in [5, 5.41) is 0. The Morgan fingerprint density at radius 3 is 2.39 bits per heavy atom. The maximum Gasteiger partial charge on any atom is 0.127 e. The molecule has 1 aromatic carbocycles.